The van der Waals surface area contributed by atoms with Gasteiger partial charge in [-0.05, 0) is 25.6 Å². The second-order valence-corrected chi connectivity index (χ2v) is 6.62. The van der Waals surface area contributed by atoms with Gasteiger partial charge in [0.1, 0.15) is 11.4 Å². The molecule has 1 amide bonds. The average molecular weight is 329 g/mol. The maximum Gasteiger partial charge on any atom is 0.259 e. The minimum Gasteiger partial charge on any atom is -0.374 e. The Morgan fingerprint density at radius 3 is 2.83 bits per heavy atom. The van der Waals surface area contributed by atoms with Gasteiger partial charge in [-0.15, -0.1) is 0 Å². The van der Waals surface area contributed by atoms with Crippen LogP contribution >= 0.6 is 0 Å². The van der Waals surface area contributed by atoms with E-state index in [9.17, 15) is 4.79 Å². The van der Waals surface area contributed by atoms with Crippen LogP contribution in [0.3, 0.4) is 0 Å². The van der Waals surface area contributed by atoms with Crippen molar-refractivity contribution >= 4 is 5.91 Å². The zero-order valence-corrected chi connectivity index (χ0v) is 14.1. The predicted octanol–water partition coefficient (Wildman–Crippen LogP) is 0.756. The van der Waals surface area contributed by atoms with E-state index >= 15 is 0 Å². The van der Waals surface area contributed by atoms with Gasteiger partial charge in [-0.3, -0.25) is 9.48 Å². The molecule has 0 bridgehead atoms. The van der Waals surface area contributed by atoms with Gasteiger partial charge in [0.15, 0.2) is 0 Å². The molecule has 128 valence electrons. The molecule has 2 atom stereocenters. The third kappa shape index (κ3) is 2.53. The number of ether oxygens (including phenoxy) is 1. The summed E-state index contributed by atoms with van der Waals surface area (Å²) in [5.41, 5.74) is 0.641. The smallest absolute Gasteiger partial charge is 0.259 e. The summed E-state index contributed by atoms with van der Waals surface area (Å²) in [6.45, 7) is 3.11. The highest BCUT2D eigenvalue weighted by Crippen LogP contribution is 2.25. The Morgan fingerprint density at radius 2 is 2.04 bits per heavy atom. The van der Waals surface area contributed by atoms with Crippen LogP contribution < -0.4 is 0 Å². The summed E-state index contributed by atoms with van der Waals surface area (Å²) in [4.78, 5) is 17.5. The number of piperidine rings is 1. The standard InChI is InChI=1S/C17H23N5O2/c1-19-8-5-15-14(12-19)22(9-10-24-15)17(23)13-11-18-20(2)16(13)21-6-3-4-7-21/h3-4,6-7,11,14-15H,5,8-10,12H2,1-2H3/t14-,15+/m0/s1. The lowest BCUT2D eigenvalue weighted by Crippen LogP contribution is -2.60. The van der Waals surface area contributed by atoms with Gasteiger partial charge in [-0.2, -0.15) is 5.10 Å². The quantitative estimate of drug-likeness (QED) is 0.816. The molecule has 7 nitrogen and oxygen atoms in total. The van der Waals surface area contributed by atoms with Crippen molar-refractivity contribution in [3.8, 4) is 5.82 Å². The van der Waals surface area contributed by atoms with E-state index in [-0.39, 0.29) is 18.1 Å². The lowest BCUT2D eigenvalue weighted by atomic mass is 9.98. The van der Waals surface area contributed by atoms with Crippen molar-refractivity contribution in [2.45, 2.75) is 18.6 Å². The van der Waals surface area contributed by atoms with Crippen LogP contribution in [0.2, 0.25) is 0 Å². The monoisotopic (exact) mass is 329 g/mol. The number of likely N-dealkylation sites (N-methyl/N-ethyl adjacent to an activating group) is 1. The van der Waals surface area contributed by atoms with E-state index in [0.717, 1.165) is 25.3 Å². The van der Waals surface area contributed by atoms with E-state index in [0.29, 0.717) is 18.7 Å². The van der Waals surface area contributed by atoms with Crippen LogP contribution in [-0.2, 0) is 11.8 Å². The maximum atomic E-state index is 13.3. The number of aryl methyl sites for hydroxylation is 1. The summed E-state index contributed by atoms with van der Waals surface area (Å²) in [7, 11) is 3.96. The molecule has 2 fully saturated rings. The summed E-state index contributed by atoms with van der Waals surface area (Å²) in [6.07, 6.45) is 6.66. The Labute approximate surface area is 141 Å². The zero-order chi connectivity index (χ0) is 16.7. The molecule has 0 spiro atoms. The van der Waals surface area contributed by atoms with Crippen molar-refractivity contribution in [3.05, 3.63) is 36.3 Å². The van der Waals surface area contributed by atoms with E-state index in [1.54, 1.807) is 10.9 Å². The molecule has 0 aliphatic carbocycles. The minimum atomic E-state index is 0.0420. The first-order chi connectivity index (χ1) is 11.6. The van der Waals surface area contributed by atoms with Crippen LogP contribution in [0.1, 0.15) is 16.8 Å². The Kier molecular flexibility index (Phi) is 3.90. The van der Waals surface area contributed by atoms with E-state index in [2.05, 4.69) is 17.0 Å². The Balaban J connectivity index is 1.66. The number of hydrogen-bond donors (Lipinski definition) is 0. The molecule has 0 aromatic carbocycles. The third-order valence-corrected chi connectivity index (χ3v) is 5.04. The van der Waals surface area contributed by atoms with Crippen LogP contribution in [0, 0.1) is 0 Å². The number of hydrogen-bond acceptors (Lipinski definition) is 4. The summed E-state index contributed by atoms with van der Waals surface area (Å²) >= 11 is 0. The van der Waals surface area contributed by atoms with Gasteiger partial charge in [-0.25, -0.2) is 0 Å². The fraction of sp³-hybridized carbons (Fsp3) is 0.529. The molecule has 7 heteroatoms. The molecule has 0 saturated carbocycles. The second-order valence-electron chi connectivity index (χ2n) is 6.62. The van der Waals surface area contributed by atoms with Gasteiger partial charge in [-0.1, -0.05) is 0 Å². The van der Waals surface area contributed by atoms with E-state index in [4.69, 9.17) is 4.74 Å². The van der Waals surface area contributed by atoms with Crippen LogP contribution in [-0.4, -0.2) is 75.5 Å². The van der Waals surface area contributed by atoms with Crippen molar-refractivity contribution in [1.82, 2.24) is 24.1 Å². The van der Waals surface area contributed by atoms with Crippen molar-refractivity contribution in [3.63, 3.8) is 0 Å². The van der Waals surface area contributed by atoms with Crippen LogP contribution in [0.5, 0.6) is 0 Å². The molecule has 24 heavy (non-hydrogen) atoms. The normalized spacial score (nSPS) is 24.8. The number of rotatable bonds is 2. The molecule has 4 heterocycles. The number of carbonyl (C=O) groups is 1. The lowest BCUT2D eigenvalue weighted by molar-refractivity contribution is -0.0869. The van der Waals surface area contributed by atoms with Crippen LogP contribution in [0.15, 0.2) is 30.7 Å². The first kappa shape index (κ1) is 15.4. The topological polar surface area (TPSA) is 55.5 Å². The number of amides is 1. The summed E-state index contributed by atoms with van der Waals surface area (Å²) in [5, 5.41) is 4.31. The van der Waals surface area contributed by atoms with E-state index in [1.807, 2.05) is 41.0 Å². The van der Waals surface area contributed by atoms with E-state index < -0.39 is 0 Å². The van der Waals surface area contributed by atoms with Crippen molar-refractivity contribution in [2.75, 3.05) is 33.3 Å². The number of nitrogens with zero attached hydrogens (tertiary/aromatic N) is 5. The highest BCUT2D eigenvalue weighted by molar-refractivity contribution is 5.97. The highest BCUT2D eigenvalue weighted by atomic mass is 16.5. The third-order valence-electron chi connectivity index (χ3n) is 5.04. The summed E-state index contributed by atoms with van der Waals surface area (Å²) in [6, 6.07) is 4.01. The number of morpholine rings is 1. The molecule has 2 saturated heterocycles. The summed E-state index contributed by atoms with van der Waals surface area (Å²) in [5.74, 6) is 0.845. The van der Waals surface area contributed by atoms with Crippen molar-refractivity contribution in [1.29, 1.82) is 0 Å². The van der Waals surface area contributed by atoms with Crippen molar-refractivity contribution < 1.29 is 9.53 Å². The molecule has 2 aromatic heterocycles. The second kappa shape index (κ2) is 6.07. The molecule has 2 aromatic rings. The SMILES string of the molecule is CN1CC[C@H]2OCCN(C(=O)c3cnn(C)c3-n3cccc3)[C@H]2C1. The molecule has 2 aliphatic heterocycles. The van der Waals surface area contributed by atoms with Gasteiger partial charge >= 0.3 is 0 Å². The van der Waals surface area contributed by atoms with Gasteiger partial charge in [0.2, 0.25) is 0 Å². The van der Waals surface area contributed by atoms with Gasteiger partial charge in [0, 0.05) is 39.1 Å². The number of aromatic nitrogens is 3. The van der Waals surface area contributed by atoms with Gasteiger partial charge < -0.3 is 19.1 Å². The highest BCUT2D eigenvalue weighted by Gasteiger charge is 2.39. The fourth-order valence-corrected chi connectivity index (χ4v) is 3.80. The summed E-state index contributed by atoms with van der Waals surface area (Å²) < 4.78 is 9.59. The predicted molar refractivity (Wildman–Crippen MR) is 89.2 cm³/mol. The molecule has 2 aliphatic rings. The largest absolute Gasteiger partial charge is 0.374 e. The number of likely N-dealkylation sites (tertiary alicyclic amines) is 1. The van der Waals surface area contributed by atoms with Crippen LogP contribution in [0.25, 0.3) is 5.82 Å². The molecule has 0 radical (unpaired) electrons. The lowest BCUT2D eigenvalue weighted by Gasteiger charge is -2.46. The molecule has 0 N–H and O–H groups in total. The number of carbonyl (C=O) groups excluding carboxylic acids is 1. The molecular formula is C17H23N5O2. The average Bonchev–Trinajstić information content (AvgIpc) is 3.22. The first-order valence-corrected chi connectivity index (χ1v) is 8.41. The van der Waals surface area contributed by atoms with Crippen LogP contribution in [0.4, 0.5) is 0 Å². The minimum absolute atomic E-state index is 0.0420. The Morgan fingerprint density at radius 1 is 1.25 bits per heavy atom. The molecular weight excluding hydrogens is 306 g/mol. The zero-order valence-electron chi connectivity index (χ0n) is 14.1. The maximum absolute atomic E-state index is 13.3. The number of fused-ring (bicyclic) bond motifs is 1. The van der Waals surface area contributed by atoms with Gasteiger partial charge in [0.05, 0.1) is 24.9 Å². The van der Waals surface area contributed by atoms with Gasteiger partial charge in [0.25, 0.3) is 5.91 Å². The molecule has 0 unspecified atom stereocenters. The first-order valence-electron chi connectivity index (χ1n) is 8.41. The Hall–Kier alpha value is -2.12. The van der Waals surface area contributed by atoms with E-state index in [1.165, 1.54) is 0 Å². The Bertz CT molecular complexity index is 723. The van der Waals surface area contributed by atoms with Crippen molar-refractivity contribution in [2.24, 2.45) is 7.05 Å². The molecule has 4 rings (SSSR count). The fourth-order valence-electron chi connectivity index (χ4n) is 3.80.